The molecular formula is C32H55BN2O6. The molecule has 0 aliphatic carbocycles. The van der Waals surface area contributed by atoms with Crippen molar-refractivity contribution < 1.29 is 29.1 Å². The molecule has 0 spiro atoms. The molecule has 0 bridgehead atoms. The Balaban J connectivity index is 0.000000414. The zero-order valence-electron chi connectivity index (χ0n) is 26.6. The minimum atomic E-state index is -0.648. The highest BCUT2D eigenvalue weighted by Crippen LogP contribution is 2.15. The summed E-state index contributed by atoms with van der Waals surface area (Å²) in [4.78, 5) is 1.82. The SMILES string of the molecule is COCCc1ccc(OCC(C)CNC(C)C)cc1.COCCc1ccc(OCC(O)CN(B(C)O)C(C)C)cc1. The summed E-state index contributed by atoms with van der Waals surface area (Å²) < 4.78 is 21.5. The molecule has 2 atom stereocenters. The monoisotopic (exact) mass is 574 g/mol. The third-order valence-electron chi connectivity index (χ3n) is 6.45. The number of methoxy groups -OCH3 is 2. The molecule has 0 aliphatic rings. The summed E-state index contributed by atoms with van der Waals surface area (Å²) in [6.07, 6.45) is 1.17. The minimum absolute atomic E-state index is 0.162. The second-order valence-corrected chi connectivity index (χ2v) is 11.1. The lowest BCUT2D eigenvalue weighted by molar-refractivity contribution is 0.0791. The highest BCUT2D eigenvalue weighted by Gasteiger charge is 2.22. The molecule has 232 valence electrons. The van der Waals surface area contributed by atoms with Gasteiger partial charge in [0.25, 0.3) is 0 Å². The average Bonchev–Trinajstić information content (AvgIpc) is 2.95. The fourth-order valence-electron chi connectivity index (χ4n) is 3.96. The van der Waals surface area contributed by atoms with Gasteiger partial charge in [-0.2, -0.15) is 0 Å². The van der Waals surface area contributed by atoms with E-state index < -0.39 is 13.2 Å². The predicted octanol–water partition coefficient (Wildman–Crippen LogP) is 4.32. The summed E-state index contributed by atoms with van der Waals surface area (Å²) in [5, 5.41) is 23.2. The van der Waals surface area contributed by atoms with Crippen molar-refractivity contribution in [3.63, 3.8) is 0 Å². The van der Waals surface area contributed by atoms with Gasteiger partial charge in [0, 0.05) is 39.3 Å². The molecule has 0 aromatic heterocycles. The summed E-state index contributed by atoms with van der Waals surface area (Å²) in [6.45, 7) is 16.0. The second kappa shape index (κ2) is 21.6. The molecule has 0 radical (unpaired) electrons. The molecule has 8 nitrogen and oxygen atoms in total. The lowest BCUT2D eigenvalue weighted by Crippen LogP contribution is -2.47. The van der Waals surface area contributed by atoms with E-state index in [1.54, 1.807) is 21.0 Å². The fourth-order valence-corrected chi connectivity index (χ4v) is 3.96. The molecule has 0 saturated carbocycles. The van der Waals surface area contributed by atoms with Crippen molar-refractivity contribution in [2.45, 2.75) is 72.5 Å². The molecule has 2 aromatic carbocycles. The molecule has 0 aliphatic heterocycles. The number of hydrogen-bond donors (Lipinski definition) is 3. The summed E-state index contributed by atoms with van der Waals surface area (Å²) in [6, 6.07) is 16.8. The van der Waals surface area contributed by atoms with Crippen LogP contribution < -0.4 is 14.8 Å². The quantitative estimate of drug-likeness (QED) is 0.214. The third-order valence-corrected chi connectivity index (χ3v) is 6.45. The third kappa shape index (κ3) is 17.4. The van der Waals surface area contributed by atoms with Gasteiger partial charge in [0.15, 0.2) is 0 Å². The van der Waals surface area contributed by atoms with Crippen molar-refractivity contribution in [3.05, 3.63) is 59.7 Å². The standard InChI is InChI=1S/C16H28BNO4.C16H27NO2/c1-13(2)18(17(3)20)11-15(19)12-22-16-7-5-14(6-8-16)9-10-21-4;1-13(2)17-11-14(3)12-19-16-7-5-15(6-8-16)9-10-18-4/h5-8,13,15,19-20H,9-12H2,1-4H3;5-8,13-14,17H,9-12H2,1-4H3. The van der Waals surface area contributed by atoms with Crippen LogP contribution in [0.3, 0.4) is 0 Å². The van der Waals surface area contributed by atoms with Crippen LogP contribution in [0, 0.1) is 5.92 Å². The number of ether oxygens (including phenoxy) is 4. The Hall–Kier alpha value is -2.14. The Kier molecular flexibility index (Phi) is 19.4. The molecular weight excluding hydrogens is 519 g/mol. The number of rotatable bonds is 19. The van der Waals surface area contributed by atoms with Gasteiger partial charge in [0.1, 0.15) is 18.1 Å². The van der Waals surface area contributed by atoms with Gasteiger partial charge in [-0.15, -0.1) is 0 Å². The number of hydrogen-bond acceptors (Lipinski definition) is 8. The van der Waals surface area contributed by atoms with Crippen molar-refractivity contribution in [3.8, 4) is 11.5 Å². The van der Waals surface area contributed by atoms with Crippen molar-refractivity contribution >= 4 is 7.05 Å². The molecule has 2 rings (SSSR count). The van der Waals surface area contributed by atoms with E-state index in [-0.39, 0.29) is 12.6 Å². The first-order valence-corrected chi connectivity index (χ1v) is 14.8. The van der Waals surface area contributed by atoms with Gasteiger partial charge in [0.2, 0.25) is 0 Å². The highest BCUT2D eigenvalue weighted by molar-refractivity contribution is 6.45. The molecule has 0 heterocycles. The van der Waals surface area contributed by atoms with E-state index in [9.17, 15) is 10.1 Å². The molecule has 41 heavy (non-hydrogen) atoms. The minimum Gasteiger partial charge on any atom is -0.493 e. The first kappa shape index (κ1) is 36.9. The van der Waals surface area contributed by atoms with Crippen LogP contribution in [0.15, 0.2) is 48.5 Å². The van der Waals surface area contributed by atoms with Gasteiger partial charge >= 0.3 is 7.05 Å². The van der Waals surface area contributed by atoms with Crippen molar-refractivity contribution in [2.24, 2.45) is 5.92 Å². The maximum atomic E-state index is 10.1. The van der Waals surface area contributed by atoms with Crippen LogP contribution in [0.1, 0.15) is 45.7 Å². The molecule has 0 amide bonds. The van der Waals surface area contributed by atoms with E-state index in [1.165, 1.54) is 11.1 Å². The predicted molar refractivity (Wildman–Crippen MR) is 169 cm³/mol. The van der Waals surface area contributed by atoms with E-state index in [0.29, 0.717) is 25.1 Å². The number of aliphatic hydroxyl groups is 1. The highest BCUT2D eigenvalue weighted by atomic mass is 16.5. The van der Waals surface area contributed by atoms with Gasteiger partial charge in [-0.3, -0.25) is 0 Å². The smallest absolute Gasteiger partial charge is 0.376 e. The van der Waals surface area contributed by atoms with Crippen LogP contribution in [-0.2, 0) is 22.3 Å². The van der Waals surface area contributed by atoms with E-state index in [4.69, 9.17) is 18.9 Å². The Morgan fingerprint density at radius 3 is 1.63 bits per heavy atom. The molecule has 9 heteroatoms. The molecule has 3 N–H and O–H groups in total. The average molecular weight is 575 g/mol. The second-order valence-electron chi connectivity index (χ2n) is 11.1. The summed E-state index contributed by atoms with van der Waals surface area (Å²) >= 11 is 0. The number of aliphatic hydroxyl groups excluding tert-OH is 1. The van der Waals surface area contributed by atoms with Crippen molar-refractivity contribution in [1.82, 2.24) is 10.1 Å². The zero-order valence-corrected chi connectivity index (χ0v) is 26.6. The van der Waals surface area contributed by atoms with Gasteiger partial charge in [-0.1, -0.05) is 58.9 Å². The maximum absolute atomic E-state index is 10.1. The van der Waals surface area contributed by atoms with Gasteiger partial charge in [-0.05, 0) is 61.1 Å². The molecule has 2 unspecified atom stereocenters. The first-order valence-electron chi connectivity index (χ1n) is 14.8. The Morgan fingerprint density at radius 1 is 0.780 bits per heavy atom. The fraction of sp³-hybridized carbons (Fsp3) is 0.625. The van der Waals surface area contributed by atoms with E-state index in [2.05, 4.69) is 38.2 Å². The summed E-state index contributed by atoms with van der Waals surface area (Å²) in [5.74, 6) is 2.18. The Labute approximate surface area is 249 Å². The van der Waals surface area contributed by atoms with Gasteiger partial charge < -0.3 is 39.2 Å². The molecule has 0 saturated heterocycles. The number of nitrogens with zero attached hydrogens (tertiary/aromatic N) is 1. The molecule has 2 aromatic rings. The zero-order chi connectivity index (χ0) is 30.6. The van der Waals surface area contributed by atoms with Crippen LogP contribution in [0.5, 0.6) is 11.5 Å². The van der Waals surface area contributed by atoms with Crippen LogP contribution >= 0.6 is 0 Å². The topological polar surface area (TPSA) is 92.7 Å². The van der Waals surface area contributed by atoms with Gasteiger partial charge in [-0.25, -0.2) is 0 Å². The van der Waals surface area contributed by atoms with E-state index >= 15 is 0 Å². The lowest BCUT2D eigenvalue weighted by Gasteiger charge is -2.29. The van der Waals surface area contributed by atoms with Gasteiger partial charge in [0.05, 0.1) is 25.9 Å². The van der Waals surface area contributed by atoms with Crippen LogP contribution in [-0.4, -0.2) is 93.9 Å². The largest absolute Gasteiger partial charge is 0.493 e. The maximum Gasteiger partial charge on any atom is 0.376 e. The van der Waals surface area contributed by atoms with Crippen LogP contribution in [0.25, 0.3) is 0 Å². The first-order chi connectivity index (χ1) is 19.5. The summed E-state index contributed by atoms with van der Waals surface area (Å²) in [5.41, 5.74) is 2.47. The van der Waals surface area contributed by atoms with Crippen molar-refractivity contribution in [1.29, 1.82) is 0 Å². The normalized spacial score (nSPS) is 12.7. The molecule has 0 fully saturated rings. The van der Waals surface area contributed by atoms with Crippen LogP contribution in [0.4, 0.5) is 0 Å². The number of benzene rings is 2. The Morgan fingerprint density at radius 2 is 1.24 bits per heavy atom. The van der Waals surface area contributed by atoms with Crippen LogP contribution in [0.2, 0.25) is 6.82 Å². The lowest BCUT2D eigenvalue weighted by atomic mass is 9.83. The summed E-state index contributed by atoms with van der Waals surface area (Å²) in [7, 11) is 2.83. The Bertz CT molecular complexity index is 888. The van der Waals surface area contributed by atoms with E-state index in [1.807, 2.05) is 55.1 Å². The van der Waals surface area contributed by atoms with Crippen molar-refractivity contribution in [2.75, 3.05) is 53.7 Å². The van der Waals surface area contributed by atoms with E-state index in [0.717, 1.165) is 44.1 Å². The number of nitrogens with one attached hydrogen (secondary N) is 1.